The maximum absolute atomic E-state index is 13.1. The zero-order chi connectivity index (χ0) is 22.3. The molecule has 0 amide bonds. The van der Waals surface area contributed by atoms with Gasteiger partial charge in [-0.2, -0.15) is 0 Å². The fourth-order valence-corrected chi connectivity index (χ4v) is 3.95. The number of esters is 1. The summed E-state index contributed by atoms with van der Waals surface area (Å²) in [5.41, 5.74) is 0.854. The largest absolute Gasteiger partial charge is 0.497 e. The Kier molecular flexibility index (Phi) is 8.08. The first kappa shape index (κ1) is 23.5. The molecule has 0 unspecified atom stereocenters. The van der Waals surface area contributed by atoms with Crippen LogP contribution < -0.4 is 14.8 Å². The van der Waals surface area contributed by atoms with E-state index in [1.807, 2.05) is 6.92 Å². The van der Waals surface area contributed by atoms with Crippen LogP contribution in [0.15, 0.2) is 47.4 Å². The molecule has 30 heavy (non-hydrogen) atoms. The van der Waals surface area contributed by atoms with Crippen molar-refractivity contribution in [3.8, 4) is 5.75 Å². The number of nitrogens with one attached hydrogen (secondary N) is 2. The van der Waals surface area contributed by atoms with Gasteiger partial charge in [0, 0.05) is 18.8 Å². The molecule has 9 heteroatoms. The van der Waals surface area contributed by atoms with Crippen molar-refractivity contribution in [3.63, 3.8) is 0 Å². The standard InChI is InChI=1S/C21H28N2O6S/c1-14(2)29-21(24)16-6-11-19(22-15(3)13-27-4)20(12-16)30(25,26)23-17-7-9-18(28-5)10-8-17/h6-12,14-15,22-23H,13H2,1-5H3/t15-/m0/s1. The van der Waals surface area contributed by atoms with Crippen molar-refractivity contribution in [3.05, 3.63) is 48.0 Å². The van der Waals surface area contributed by atoms with Crippen LogP contribution in [0.25, 0.3) is 0 Å². The SMILES string of the molecule is COC[C@H](C)Nc1ccc(C(=O)OC(C)C)cc1S(=O)(=O)Nc1ccc(OC)cc1. The molecule has 0 aliphatic rings. The van der Waals surface area contributed by atoms with E-state index in [0.717, 1.165) is 0 Å². The van der Waals surface area contributed by atoms with Crippen LogP contribution in [-0.4, -0.2) is 47.4 Å². The summed E-state index contributed by atoms with van der Waals surface area (Å²) >= 11 is 0. The minimum absolute atomic E-state index is 0.0699. The molecule has 0 aliphatic heterocycles. The highest BCUT2D eigenvalue weighted by Crippen LogP contribution is 2.27. The molecule has 0 spiro atoms. The second kappa shape index (κ2) is 10.3. The summed E-state index contributed by atoms with van der Waals surface area (Å²) in [5, 5.41) is 3.11. The van der Waals surface area contributed by atoms with E-state index in [1.54, 1.807) is 51.3 Å². The lowest BCUT2D eigenvalue weighted by molar-refractivity contribution is 0.0377. The van der Waals surface area contributed by atoms with Gasteiger partial charge in [-0.15, -0.1) is 0 Å². The molecule has 0 heterocycles. The highest BCUT2D eigenvalue weighted by Gasteiger charge is 2.23. The number of sulfonamides is 1. The van der Waals surface area contributed by atoms with Gasteiger partial charge in [0.15, 0.2) is 0 Å². The van der Waals surface area contributed by atoms with Gasteiger partial charge in [0.25, 0.3) is 10.0 Å². The molecular formula is C21H28N2O6S. The highest BCUT2D eigenvalue weighted by molar-refractivity contribution is 7.92. The van der Waals surface area contributed by atoms with Crippen molar-refractivity contribution in [1.82, 2.24) is 0 Å². The lowest BCUT2D eigenvalue weighted by Crippen LogP contribution is -2.24. The fraction of sp³-hybridized carbons (Fsp3) is 0.381. The highest BCUT2D eigenvalue weighted by atomic mass is 32.2. The number of rotatable bonds is 10. The Hall–Kier alpha value is -2.78. The number of methoxy groups -OCH3 is 2. The second-order valence-corrected chi connectivity index (χ2v) is 8.65. The lowest BCUT2D eigenvalue weighted by atomic mass is 10.2. The maximum Gasteiger partial charge on any atom is 0.338 e. The zero-order valence-corrected chi connectivity index (χ0v) is 18.6. The Morgan fingerprint density at radius 1 is 1.03 bits per heavy atom. The van der Waals surface area contributed by atoms with E-state index >= 15 is 0 Å². The first-order chi connectivity index (χ1) is 14.2. The monoisotopic (exact) mass is 436 g/mol. The van der Waals surface area contributed by atoms with Gasteiger partial charge in [-0.3, -0.25) is 4.72 Å². The molecule has 2 rings (SSSR count). The van der Waals surface area contributed by atoms with Gasteiger partial charge in [-0.1, -0.05) is 0 Å². The average Bonchev–Trinajstić information content (AvgIpc) is 2.68. The van der Waals surface area contributed by atoms with E-state index in [9.17, 15) is 13.2 Å². The Morgan fingerprint density at radius 2 is 1.70 bits per heavy atom. The topological polar surface area (TPSA) is 103 Å². The molecule has 0 saturated heterocycles. The summed E-state index contributed by atoms with van der Waals surface area (Å²) in [6.07, 6.45) is -0.325. The second-order valence-electron chi connectivity index (χ2n) is 7.00. The summed E-state index contributed by atoms with van der Waals surface area (Å²) in [6.45, 7) is 5.69. The molecule has 0 saturated carbocycles. The number of ether oxygens (including phenoxy) is 3. The molecule has 1 atom stereocenters. The first-order valence-corrected chi connectivity index (χ1v) is 10.9. The molecule has 164 valence electrons. The fourth-order valence-electron chi connectivity index (χ4n) is 2.70. The van der Waals surface area contributed by atoms with E-state index in [1.165, 1.54) is 19.2 Å². The minimum atomic E-state index is -4.01. The molecular weight excluding hydrogens is 408 g/mol. The van der Waals surface area contributed by atoms with Gasteiger partial charge in [-0.05, 0) is 63.2 Å². The number of carbonyl (C=O) groups excluding carboxylic acids is 1. The quantitative estimate of drug-likeness (QED) is 0.549. The predicted octanol–water partition coefficient (Wildman–Crippen LogP) is 3.51. The minimum Gasteiger partial charge on any atom is -0.497 e. The van der Waals surface area contributed by atoms with Gasteiger partial charge in [0.1, 0.15) is 10.6 Å². The van der Waals surface area contributed by atoms with Gasteiger partial charge < -0.3 is 19.5 Å². The van der Waals surface area contributed by atoms with E-state index in [4.69, 9.17) is 14.2 Å². The normalized spacial score (nSPS) is 12.3. The van der Waals surface area contributed by atoms with E-state index in [0.29, 0.717) is 23.7 Å². The average molecular weight is 437 g/mol. The van der Waals surface area contributed by atoms with Gasteiger partial charge in [0.05, 0.1) is 31.1 Å². The van der Waals surface area contributed by atoms with Crippen molar-refractivity contribution in [2.75, 3.05) is 30.9 Å². The summed E-state index contributed by atoms with van der Waals surface area (Å²) in [5.74, 6) is 0.00881. The third-order valence-electron chi connectivity index (χ3n) is 4.01. The van der Waals surface area contributed by atoms with Crippen molar-refractivity contribution in [2.24, 2.45) is 0 Å². The van der Waals surface area contributed by atoms with Crippen LogP contribution in [0, 0.1) is 0 Å². The van der Waals surface area contributed by atoms with Crippen LogP contribution in [0.5, 0.6) is 5.75 Å². The van der Waals surface area contributed by atoms with Crippen LogP contribution in [-0.2, 0) is 19.5 Å². The summed E-state index contributed by atoms with van der Waals surface area (Å²) in [7, 11) is -0.921. The van der Waals surface area contributed by atoms with E-state index < -0.39 is 16.0 Å². The molecule has 0 bridgehead atoms. The third kappa shape index (κ3) is 6.36. The molecule has 0 aromatic heterocycles. The van der Waals surface area contributed by atoms with Crippen LogP contribution in [0.1, 0.15) is 31.1 Å². The molecule has 0 radical (unpaired) electrons. The number of carbonyl (C=O) groups is 1. The zero-order valence-electron chi connectivity index (χ0n) is 17.8. The Balaban J connectivity index is 2.43. The Labute approximate surface area is 177 Å². The molecule has 2 aromatic carbocycles. The predicted molar refractivity (Wildman–Crippen MR) is 116 cm³/mol. The first-order valence-electron chi connectivity index (χ1n) is 9.43. The Bertz CT molecular complexity index is 958. The molecule has 2 aromatic rings. The van der Waals surface area contributed by atoms with E-state index in [-0.39, 0.29) is 22.6 Å². The molecule has 8 nitrogen and oxygen atoms in total. The summed E-state index contributed by atoms with van der Waals surface area (Å²) in [6, 6.07) is 10.7. The van der Waals surface area contributed by atoms with E-state index in [2.05, 4.69) is 10.0 Å². The maximum atomic E-state index is 13.1. The van der Waals surface area contributed by atoms with Gasteiger partial charge in [-0.25, -0.2) is 13.2 Å². The lowest BCUT2D eigenvalue weighted by Gasteiger charge is -2.19. The van der Waals surface area contributed by atoms with Crippen LogP contribution in [0.2, 0.25) is 0 Å². The van der Waals surface area contributed by atoms with Crippen molar-refractivity contribution in [1.29, 1.82) is 0 Å². The van der Waals surface area contributed by atoms with Crippen LogP contribution >= 0.6 is 0 Å². The van der Waals surface area contributed by atoms with Crippen LogP contribution in [0.3, 0.4) is 0 Å². The Morgan fingerprint density at radius 3 is 2.27 bits per heavy atom. The van der Waals surface area contributed by atoms with Crippen LogP contribution in [0.4, 0.5) is 11.4 Å². The summed E-state index contributed by atoms with van der Waals surface area (Å²) in [4.78, 5) is 12.2. The van der Waals surface area contributed by atoms with Gasteiger partial charge >= 0.3 is 5.97 Å². The number of anilines is 2. The smallest absolute Gasteiger partial charge is 0.338 e. The van der Waals surface area contributed by atoms with Crippen molar-refractivity contribution >= 4 is 27.4 Å². The molecule has 0 fully saturated rings. The molecule has 2 N–H and O–H groups in total. The third-order valence-corrected chi connectivity index (χ3v) is 5.43. The van der Waals surface area contributed by atoms with Gasteiger partial charge in [0.2, 0.25) is 0 Å². The number of hydrogen-bond donors (Lipinski definition) is 2. The van der Waals surface area contributed by atoms with Crippen molar-refractivity contribution < 1.29 is 27.4 Å². The van der Waals surface area contributed by atoms with Crippen molar-refractivity contribution in [2.45, 2.75) is 37.8 Å². The molecule has 0 aliphatic carbocycles. The number of benzene rings is 2. The number of hydrogen-bond acceptors (Lipinski definition) is 7. The summed E-state index contributed by atoms with van der Waals surface area (Å²) < 4.78 is 44.2.